The number of hydrogen-bond donors (Lipinski definition) is 3. The number of quaternary nitrogens is 1. The monoisotopic (exact) mass is 412 g/mol. The fourth-order valence-corrected chi connectivity index (χ4v) is 6.85. The molecular formula is C25H38N3O2+. The van der Waals surface area contributed by atoms with Gasteiger partial charge in [0.05, 0.1) is 7.05 Å². The van der Waals surface area contributed by atoms with Gasteiger partial charge in [0.25, 0.3) is 11.8 Å². The number of carbonyl (C=O) groups excluding carboxylic acids is 2. The molecule has 2 amide bonds. The van der Waals surface area contributed by atoms with Gasteiger partial charge in [-0.2, -0.15) is 0 Å². The Morgan fingerprint density at radius 2 is 1.60 bits per heavy atom. The van der Waals surface area contributed by atoms with E-state index in [0.717, 1.165) is 39.5 Å². The Morgan fingerprint density at radius 1 is 1.03 bits per heavy atom. The number of hydrogen-bond acceptors (Lipinski definition) is 2. The molecule has 4 aliphatic rings. The van der Waals surface area contributed by atoms with E-state index in [2.05, 4.69) is 17.6 Å². The van der Waals surface area contributed by atoms with Crippen molar-refractivity contribution in [2.24, 2.45) is 23.2 Å². The first-order valence-corrected chi connectivity index (χ1v) is 11.7. The smallest absolute Gasteiger partial charge is 0.279 e. The molecule has 5 heteroatoms. The highest BCUT2D eigenvalue weighted by atomic mass is 16.2. The van der Waals surface area contributed by atoms with Gasteiger partial charge >= 0.3 is 0 Å². The first-order chi connectivity index (χ1) is 14.2. The molecule has 164 valence electrons. The molecule has 1 unspecified atom stereocenters. The lowest BCUT2D eigenvalue weighted by Crippen LogP contribution is -3.11. The number of nitrogens with one attached hydrogen (secondary N) is 3. The molecule has 1 aromatic rings. The van der Waals surface area contributed by atoms with Gasteiger partial charge in [-0.1, -0.05) is 12.1 Å². The highest BCUT2D eigenvalue weighted by Crippen LogP contribution is 2.61. The molecule has 5 rings (SSSR count). The fourth-order valence-electron chi connectivity index (χ4n) is 6.85. The molecule has 0 aliphatic heterocycles. The van der Waals surface area contributed by atoms with Crippen molar-refractivity contribution in [1.82, 2.24) is 5.32 Å². The van der Waals surface area contributed by atoms with Crippen molar-refractivity contribution in [2.45, 2.75) is 65.3 Å². The van der Waals surface area contributed by atoms with Crippen LogP contribution in [0.1, 0.15) is 56.6 Å². The molecule has 4 fully saturated rings. The van der Waals surface area contributed by atoms with E-state index in [1.807, 2.05) is 39.1 Å². The maximum atomic E-state index is 12.7. The minimum absolute atomic E-state index is 0.0527. The first kappa shape index (κ1) is 21.4. The van der Waals surface area contributed by atoms with Gasteiger partial charge in [-0.15, -0.1) is 0 Å². The summed E-state index contributed by atoms with van der Waals surface area (Å²) in [5.74, 6) is 2.67. The maximum Gasteiger partial charge on any atom is 0.279 e. The summed E-state index contributed by atoms with van der Waals surface area (Å²) in [6.07, 6.45) is 8.14. The van der Waals surface area contributed by atoms with Crippen LogP contribution in [0, 0.1) is 37.0 Å². The van der Waals surface area contributed by atoms with E-state index in [1.165, 1.54) is 38.5 Å². The van der Waals surface area contributed by atoms with E-state index in [4.69, 9.17) is 0 Å². The predicted octanol–water partition coefficient (Wildman–Crippen LogP) is 2.48. The van der Waals surface area contributed by atoms with E-state index in [9.17, 15) is 9.59 Å². The third-order valence-electron chi connectivity index (χ3n) is 8.19. The van der Waals surface area contributed by atoms with E-state index in [-0.39, 0.29) is 24.4 Å². The Hall–Kier alpha value is -1.88. The summed E-state index contributed by atoms with van der Waals surface area (Å²) >= 11 is 0. The zero-order chi connectivity index (χ0) is 21.5. The number of aryl methyl sites for hydroxylation is 1. The molecule has 2 atom stereocenters. The topological polar surface area (TPSA) is 62.6 Å². The van der Waals surface area contributed by atoms with Gasteiger partial charge in [0.15, 0.2) is 13.1 Å². The number of amides is 2. The Labute approximate surface area is 181 Å². The summed E-state index contributed by atoms with van der Waals surface area (Å²) in [6, 6.07) is 6.15. The molecule has 0 radical (unpaired) electrons. The van der Waals surface area contributed by atoms with Crippen LogP contribution in [0.15, 0.2) is 18.2 Å². The second-order valence-corrected chi connectivity index (χ2v) is 10.7. The third-order valence-corrected chi connectivity index (χ3v) is 8.19. The molecule has 0 heterocycles. The Bertz CT molecular complexity index is 783. The lowest BCUT2D eigenvalue weighted by atomic mass is 9.48. The molecule has 0 saturated heterocycles. The number of benzene rings is 1. The number of anilines is 1. The van der Waals surface area contributed by atoms with Crippen LogP contribution in [0.5, 0.6) is 0 Å². The number of rotatable bonds is 7. The second-order valence-electron chi connectivity index (χ2n) is 10.7. The Kier molecular flexibility index (Phi) is 5.93. The summed E-state index contributed by atoms with van der Waals surface area (Å²) in [6.45, 7) is 6.88. The van der Waals surface area contributed by atoms with Crippen LogP contribution in [0.4, 0.5) is 5.69 Å². The van der Waals surface area contributed by atoms with Crippen molar-refractivity contribution in [1.29, 1.82) is 0 Å². The van der Waals surface area contributed by atoms with Crippen LogP contribution in [-0.4, -0.2) is 38.0 Å². The summed E-state index contributed by atoms with van der Waals surface area (Å²) in [5.41, 5.74) is 3.42. The first-order valence-electron chi connectivity index (χ1n) is 11.7. The van der Waals surface area contributed by atoms with Crippen LogP contribution in [0.25, 0.3) is 0 Å². The zero-order valence-electron chi connectivity index (χ0n) is 19.0. The van der Waals surface area contributed by atoms with Gasteiger partial charge in [0.2, 0.25) is 0 Å². The molecule has 1 aromatic carbocycles. The van der Waals surface area contributed by atoms with E-state index in [1.54, 1.807) is 0 Å². The zero-order valence-corrected chi connectivity index (χ0v) is 19.0. The molecule has 4 saturated carbocycles. The van der Waals surface area contributed by atoms with Crippen molar-refractivity contribution in [3.8, 4) is 0 Å². The quantitative estimate of drug-likeness (QED) is 0.644. The average Bonchev–Trinajstić information content (AvgIpc) is 2.64. The summed E-state index contributed by atoms with van der Waals surface area (Å²) in [5, 5.41) is 6.31. The minimum Gasteiger partial charge on any atom is -0.348 e. The summed E-state index contributed by atoms with van der Waals surface area (Å²) in [4.78, 5) is 26.1. The van der Waals surface area contributed by atoms with Gasteiger partial charge in [-0.25, -0.2) is 0 Å². The number of carbonyl (C=O) groups is 2. The van der Waals surface area contributed by atoms with Crippen LogP contribution >= 0.6 is 0 Å². The van der Waals surface area contributed by atoms with Gasteiger partial charge in [-0.05, 0) is 99.7 Å². The molecule has 0 aromatic heterocycles. The van der Waals surface area contributed by atoms with Crippen LogP contribution in [-0.2, 0) is 9.59 Å². The fraction of sp³-hybridized carbons (Fsp3) is 0.680. The van der Waals surface area contributed by atoms with Crippen LogP contribution in [0.2, 0.25) is 0 Å². The molecular weight excluding hydrogens is 374 g/mol. The van der Waals surface area contributed by atoms with Gasteiger partial charge in [0, 0.05) is 11.7 Å². The highest BCUT2D eigenvalue weighted by Gasteiger charge is 2.53. The average molecular weight is 413 g/mol. The maximum absolute atomic E-state index is 12.7. The molecule has 0 spiro atoms. The largest absolute Gasteiger partial charge is 0.348 e. The number of likely N-dealkylation sites (N-methyl/N-ethyl adjacent to an activating group) is 1. The molecule has 30 heavy (non-hydrogen) atoms. The van der Waals surface area contributed by atoms with Gasteiger partial charge < -0.3 is 15.5 Å². The van der Waals surface area contributed by atoms with E-state index in [0.29, 0.717) is 12.0 Å². The van der Waals surface area contributed by atoms with Crippen LogP contribution in [0.3, 0.4) is 0 Å². The summed E-state index contributed by atoms with van der Waals surface area (Å²) < 4.78 is 0. The summed E-state index contributed by atoms with van der Waals surface area (Å²) in [7, 11) is 1.91. The predicted molar refractivity (Wildman–Crippen MR) is 119 cm³/mol. The lowest BCUT2D eigenvalue weighted by molar-refractivity contribution is -0.862. The van der Waals surface area contributed by atoms with E-state index < -0.39 is 0 Å². The lowest BCUT2D eigenvalue weighted by Gasteiger charge is -2.59. The van der Waals surface area contributed by atoms with Crippen molar-refractivity contribution >= 4 is 17.5 Å². The van der Waals surface area contributed by atoms with Crippen molar-refractivity contribution in [3.63, 3.8) is 0 Å². The molecule has 4 aliphatic carbocycles. The van der Waals surface area contributed by atoms with Crippen molar-refractivity contribution in [2.75, 3.05) is 25.5 Å². The second kappa shape index (κ2) is 8.33. The van der Waals surface area contributed by atoms with E-state index >= 15 is 0 Å². The van der Waals surface area contributed by atoms with Gasteiger partial charge in [-0.3, -0.25) is 9.59 Å². The highest BCUT2D eigenvalue weighted by molar-refractivity contribution is 5.92. The normalized spacial score (nSPS) is 31.3. The van der Waals surface area contributed by atoms with Crippen molar-refractivity contribution in [3.05, 3.63) is 29.3 Å². The van der Waals surface area contributed by atoms with Gasteiger partial charge in [0.1, 0.15) is 0 Å². The van der Waals surface area contributed by atoms with Crippen molar-refractivity contribution < 1.29 is 14.5 Å². The molecule has 3 N–H and O–H groups in total. The van der Waals surface area contributed by atoms with Crippen LogP contribution < -0.4 is 15.5 Å². The Balaban J connectivity index is 1.26. The minimum atomic E-state index is -0.0527. The molecule has 5 nitrogen and oxygen atoms in total. The standard InChI is InChI=1S/C25H37N3O2/c1-16-6-5-7-22(17(16)2)27-24(30)15-28(4)14-23(29)26-18(3)25-11-19-8-20(12-25)10-21(9-19)13-25/h5-7,18-21H,8-15H2,1-4H3,(H,26,29)(H,27,30)/p+1/t18-,19?,20?,21?,25?/m0/s1. The third kappa shape index (κ3) is 4.41. The Morgan fingerprint density at radius 3 is 2.20 bits per heavy atom. The molecule has 4 bridgehead atoms. The SMILES string of the molecule is Cc1cccc(NC(=O)C[NH+](C)CC(=O)N[C@@H](C)C23CC4CC(CC(C4)C2)C3)c1C.